The third kappa shape index (κ3) is 9.60. The average molecular weight is 495 g/mol. The number of carbonyl (C=O) groups is 1. The average Bonchev–Trinajstić information content (AvgIpc) is 2.54. The summed E-state index contributed by atoms with van der Waals surface area (Å²) in [6, 6.07) is 10.2. The molecule has 0 atom stereocenters. The van der Waals surface area contributed by atoms with Crippen LogP contribution in [0.15, 0.2) is 41.5 Å². The van der Waals surface area contributed by atoms with Gasteiger partial charge in [0.15, 0.2) is 0 Å². The Labute approximate surface area is 176 Å². The van der Waals surface area contributed by atoms with Gasteiger partial charge >= 0.3 is 171 Å². The number of hydrogen-bond acceptors (Lipinski definition) is 2. The molecule has 0 radical (unpaired) electrons. The first-order valence-electron chi connectivity index (χ1n) is 10.3. The van der Waals surface area contributed by atoms with Gasteiger partial charge in [-0.3, -0.25) is 0 Å². The molecule has 0 bridgehead atoms. The Morgan fingerprint density at radius 1 is 1.04 bits per heavy atom. The molecule has 4 heteroatoms. The van der Waals surface area contributed by atoms with Crippen LogP contribution < -0.4 is 0 Å². The summed E-state index contributed by atoms with van der Waals surface area (Å²) in [5.74, 6) is -0.729. The van der Waals surface area contributed by atoms with Crippen LogP contribution in [-0.4, -0.2) is 36.1 Å². The van der Waals surface area contributed by atoms with Gasteiger partial charge in [0, 0.05) is 0 Å². The van der Waals surface area contributed by atoms with Crippen molar-refractivity contribution in [2.45, 2.75) is 73.3 Å². The number of carboxylic acid groups (broad SMARTS) is 1. The van der Waals surface area contributed by atoms with Crippen molar-refractivity contribution in [2.24, 2.45) is 10.8 Å². The zero-order valence-corrected chi connectivity index (χ0v) is 22.0. The molecule has 0 aliphatic rings. The molecule has 3 nitrogen and oxygen atoms in total. The fraction of sp³-hybridized carbons (Fsp3) is 0.625. The van der Waals surface area contributed by atoms with E-state index in [4.69, 9.17) is 4.74 Å². The topological polar surface area (TPSA) is 46.5 Å². The Morgan fingerprint density at radius 3 is 2.07 bits per heavy atom. The van der Waals surface area contributed by atoms with Gasteiger partial charge in [-0.25, -0.2) is 0 Å². The van der Waals surface area contributed by atoms with Crippen LogP contribution in [0.5, 0.6) is 0 Å². The Bertz CT molecular complexity index is 661. The number of aliphatic carboxylic acids is 1. The van der Waals surface area contributed by atoms with Crippen molar-refractivity contribution >= 4 is 24.3 Å². The molecule has 0 fully saturated rings. The summed E-state index contributed by atoms with van der Waals surface area (Å²) in [4.78, 5) is 19.0. The first-order chi connectivity index (χ1) is 12.7. The summed E-state index contributed by atoms with van der Waals surface area (Å²) in [6.07, 6.45) is 1.71. The molecule has 1 rings (SSSR count). The maximum absolute atomic E-state index is 12.1. The van der Waals surface area contributed by atoms with Gasteiger partial charge in [0.1, 0.15) is 0 Å². The van der Waals surface area contributed by atoms with Crippen LogP contribution in [0.3, 0.4) is 0 Å². The summed E-state index contributed by atoms with van der Waals surface area (Å²) in [5.41, 5.74) is 2.82. The zero-order valence-electron chi connectivity index (χ0n) is 19.2. The van der Waals surface area contributed by atoms with Gasteiger partial charge in [-0.15, -0.1) is 0 Å². The second-order valence-corrected chi connectivity index (χ2v) is 26.5. The molecule has 0 saturated carbocycles. The molecule has 1 aromatic rings. The third-order valence-corrected chi connectivity index (χ3v) is 8.96. The van der Waals surface area contributed by atoms with E-state index in [2.05, 4.69) is 61.6 Å². The SMILES string of the molecule is CC(C)(CCOCc1ccccc1)CC(=C([CH2][Sn]([CH3])([CH3])[CH3])C(=O)O)C(C)(C)C. The van der Waals surface area contributed by atoms with Crippen molar-refractivity contribution in [1.29, 1.82) is 0 Å². The van der Waals surface area contributed by atoms with E-state index in [0.717, 1.165) is 22.9 Å². The molecule has 0 saturated heterocycles. The van der Waals surface area contributed by atoms with Crippen molar-refractivity contribution in [2.75, 3.05) is 6.61 Å². The van der Waals surface area contributed by atoms with Crippen molar-refractivity contribution in [3.8, 4) is 0 Å². The minimum atomic E-state index is -2.28. The van der Waals surface area contributed by atoms with E-state index in [1.807, 2.05) is 18.2 Å². The second kappa shape index (κ2) is 10.3. The van der Waals surface area contributed by atoms with Crippen LogP contribution in [0, 0.1) is 10.8 Å². The van der Waals surface area contributed by atoms with Gasteiger partial charge in [0.2, 0.25) is 0 Å². The summed E-state index contributed by atoms with van der Waals surface area (Å²) in [7, 11) is 0. The summed E-state index contributed by atoms with van der Waals surface area (Å²) < 4.78 is 6.68. The van der Waals surface area contributed by atoms with Crippen LogP contribution >= 0.6 is 0 Å². The van der Waals surface area contributed by atoms with Crippen LogP contribution in [0.1, 0.15) is 53.0 Å². The predicted molar refractivity (Wildman–Crippen MR) is 121 cm³/mol. The first-order valence-corrected chi connectivity index (χ1v) is 20.9. The van der Waals surface area contributed by atoms with Gasteiger partial charge < -0.3 is 0 Å². The maximum atomic E-state index is 12.1. The van der Waals surface area contributed by atoms with Crippen molar-refractivity contribution in [3.05, 3.63) is 47.0 Å². The van der Waals surface area contributed by atoms with Crippen molar-refractivity contribution in [3.63, 3.8) is 0 Å². The molecule has 28 heavy (non-hydrogen) atoms. The van der Waals surface area contributed by atoms with E-state index in [1.165, 1.54) is 5.56 Å². The summed E-state index contributed by atoms with van der Waals surface area (Å²) in [6.45, 7) is 12.2. The Kier molecular flexibility index (Phi) is 9.27. The molecule has 0 heterocycles. The summed E-state index contributed by atoms with van der Waals surface area (Å²) in [5, 5.41) is 9.96. The normalized spacial score (nSPS) is 14.0. The van der Waals surface area contributed by atoms with E-state index in [1.54, 1.807) is 0 Å². The minimum absolute atomic E-state index is 0.00654. The van der Waals surface area contributed by atoms with Crippen LogP contribution in [0.2, 0.25) is 19.3 Å². The molecule has 0 aliphatic heterocycles. The molecule has 1 aromatic carbocycles. The first kappa shape index (κ1) is 25.2. The van der Waals surface area contributed by atoms with Gasteiger partial charge in [0.05, 0.1) is 0 Å². The fourth-order valence-corrected chi connectivity index (χ4v) is 7.41. The Hall–Kier alpha value is -0.811. The molecule has 0 aromatic heterocycles. The molecule has 158 valence electrons. The number of rotatable bonds is 10. The number of ether oxygens (including phenoxy) is 1. The molecular weight excluding hydrogens is 455 g/mol. The zero-order chi connectivity index (χ0) is 21.6. The van der Waals surface area contributed by atoms with Crippen molar-refractivity contribution in [1.82, 2.24) is 0 Å². The van der Waals surface area contributed by atoms with E-state index in [0.29, 0.717) is 18.8 Å². The number of benzene rings is 1. The predicted octanol–water partition coefficient (Wildman–Crippen LogP) is 6.78. The third-order valence-electron chi connectivity index (χ3n) is 4.92. The number of hydrogen-bond donors (Lipinski definition) is 1. The molecule has 0 unspecified atom stereocenters. The molecule has 0 amide bonds. The Balaban J connectivity index is 2.88. The molecule has 0 aliphatic carbocycles. The number of allylic oxidation sites excluding steroid dienone is 1. The van der Waals surface area contributed by atoms with Gasteiger partial charge in [-0.2, -0.15) is 0 Å². The second-order valence-electron chi connectivity index (χ2n) is 10.9. The number of carboxylic acids is 1. The van der Waals surface area contributed by atoms with Gasteiger partial charge in [0.25, 0.3) is 0 Å². The fourth-order valence-electron chi connectivity index (χ4n) is 3.35. The molecule has 1 N–H and O–H groups in total. The monoisotopic (exact) mass is 496 g/mol. The Morgan fingerprint density at radius 2 is 1.61 bits per heavy atom. The van der Waals surface area contributed by atoms with Gasteiger partial charge in [-0.1, -0.05) is 6.07 Å². The van der Waals surface area contributed by atoms with E-state index in [9.17, 15) is 9.90 Å². The van der Waals surface area contributed by atoms with E-state index in [-0.39, 0.29) is 10.8 Å². The van der Waals surface area contributed by atoms with E-state index >= 15 is 0 Å². The van der Waals surface area contributed by atoms with Gasteiger partial charge in [-0.05, 0) is 0 Å². The molecule has 0 spiro atoms. The van der Waals surface area contributed by atoms with Crippen LogP contribution in [-0.2, 0) is 16.1 Å². The van der Waals surface area contributed by atoms with E-state index < -0.39 is 24.3 Å². The quantitative estimate of drug-likeness (QED) is 0.221. The molecular formula is C24H40O3Sn. The summed E-state index contributed by atoms with van der Waals surface area (Å²) >= 11 is -2.28. The van der Waals surface area contributed by atoms with Crippen LogP contribution in [0.25, 0.3) is 0 Å². The van der Waals surface area contributed by atoms with Crippen LogP contribution in [0.4, 0.5) is 0 Å². The van der Waals surface area contributed by atoms with Crippen molar-refractivity contribution < 1.29 is 14.6 Å². The standard InChI is InChI=1S/C21H31O3.3CH3.Sn/c1-16(19(22)23)18(20(2,3)4)14-21(5,6)12-13-24-15-17-10-8-7-9-11-17;;;;/h7-11H,1,12-15H2,2-6H3,(H,22,23);3*1H3;.